The number of aliphatic hydroxyl groups is 1. The van der Waals surface area contributed by atoms with E-state index >= 15 is 0 Å². The molecule has 1 unspecified atom stereocenters. The number of aryl methyl sites for hydroxylation is 2. The summed E-state index contributed by atoms with van der Waals surface area (Å²) in [6.45, 7) is 0. The fourth-order valence-corrected chi connectivity index (χ4v) is 1.88. The Morgan fingerprint density at radius 1 is 1.21 bits per heavy atom. The Bertz CT molecular complexity index is 583. The number of hydrogen-bond donors (Lipinski definition) is 1. The van der Waals surface area contributed by atoms with Gasteiger partial charge in [0, 0.05) is 24.5 Å². The molecular weight excluding hydrogens is 257 g/mol. The molecule has 0 amide bonds. The van der Waals surface area contributed by atoms with Crippen molar-refractivity contribution in [3.63, 3.8) is 0 Å². The van der Waals surface area contributed by atoms with E-state index in [1.165, 1.54) is 0 Å². The van der Waals surface area contributed by atoms with Crippen molar-refractivity contribution in [3.05, 3.63) is 53.1 Å². The van der Waals surface area contributed by atoms with Gasteiger partial charge < -0.3 is 5.11 Å². The van der Waals surface area contributed by atoms with Crippen molar-refractivity contribution < 1.29 is 18.3 Å². The Labute approximate surface area is 108 Å². The third-order valence-corrected chi connectivity index (χ3v) is 3.02. The first-order chi connectivity index (χ1) is 9.00. The highest BCUT2D eigenvalue weighted by Crippen LogP contribution is 2.24. The van der Waals surface area contributed by atoms with E-state index in [9.17, 15) is 18.3 Å². The molecular formula is C13H13F3N2O. The smallest absolute Gasteiger partial charge is 0.194 e. The standard InChI is InChI=1S/C13H13F3N2O/c1-18-8(6-7-17-18)2-5-11(19)9-3-4-10(14)13(16)12(9)15/h3-4,6-7,11,19H,2,5H2,1H3. The quantitative estimate of drug-likeness (QED) is 0.867. The lowest BCUT2D eigenvalue weighted by molar-refractivity contribution is 0.161. The molecule has 102 valence electrons. The normalized spacial score (nSPS) is 12.7. The van der Waals surface area contributed by atoms with Gasteiger partial charge in [0.15, 0.2) is 17.5 Å². The van der Waals surface area contributed by atoms with Gasteiger partial charge in [-0.3, -0.25) is 4.68 Å². The van der Waals surface area contributed by atoms with Gasteiger partial charge in [-0.15, -0.1) is 0 Å². The van der Waals surface area contributed by atoms with Crippen LogP contribution in [0.15, 0.2) is 24.4 Å². The third-order valence-electron chi connectivity index (χ3n) is 3.02. The summed E-state index contributed by atoms with van der Waals surface area (Å²) in [7, 11) is 1.75. The van der Waals surface area contributed by atoms with Crippen LogP contribution in [0, 0.1) is 17.5 Å². The molecule has 1 aromatic heterocycles. The first kappa shape index (κ1) is 13.6. The largest absolute Gasteiger partial charge is 0.388 e. The van der Waals surface area contributed by atoms with E-state index < -0.39 is 23.6 Å². The zero-order chi connectivity index (χ0) is 14.0. The maximum absolute atomic E-state index is 13.5. The van der Waals surface area contributed by atoms with Crippen LogP contribution in [-0.4, -0.2) is 14.9 Å². The number of aromatic nitrogens is 2. The number of aliphatic hydroxyl groups excluding tert-OH is 1. The summed E-state index contributed by atoms with van der Waals surface area (Å²) in [5, 5.41) is 13.8. The molecule has 1 aromatic carbocycles. The molecule has 3 nitrogen and oxygen atoms in total. The first-order valence-electron chi connectivity index (χ1n) is 5.79. The topological polar surface area (TPSA) is 38.0 Å². The van der Waals surface area contributed by atoms with Crippen LogP contribution in [-0.2, 0) is 13.5 Å². The first-order valence-corrected chi connectivity index (χ1v) is 5.79. The molecule has 0 aliphatic carbocycles. The number of hydrogen-bond acceptors (Lipinski definition) is 2. The number of rotatable bonds is 4. The molecule has 1 heterocycles. The molecule has 0 bridgehead atoms. The van der Waals surface area contributed by atoms with Gasteiger partial charge in [0.25, 0.3) is 0 Å². The van der Waals surface area contributed by atoms with Crippen molar-refractivity contribution in [1.82, 2.24) is 9.78 Å². The Balaban J connectivity index is 2.10. The SMILES string of the molecule is Cn1nccc1CCC(O)c1ccc(F)c(F)c1F. The molecule has 0 aliphatic rings. The second-order valence-corrected chi connectivity index (χ2v) is 4.27. The Morgan fingerprint density at radius 2 is 1.95 bits per heavy atom. The summed E-state index contributed by atoms with van der Waals surface area (Å²) in [5.41, 5.74) is 0.628. The lowest BCUT2D eigenvalue weighted by Gasteiger charge is -2.12. The van der Waals surface area contributed by atoms with E-state index in [1.54, 1.807) is 24.0 Å². The van der Waals surface area contributed by atoms with E-state index in [4.69, 9.17) is 0 Å². The zero-order valence-electron chi connectivity index (χ0n) is 10.3. The average Bonchev–Trinajstić information content (AvgIpc) is 2.79. The zero-order valence-corrected chi connectivity index (χ0v) is 10.3. The van der Waals surface area contributed by atoms with E-state index in [0.717, 1.165) is 17.8 Å². The third kappa shape index (κ3) is 2.78. The lowest BCUT2D eigenvalue weighted by Crippen LogP contribution is -2.07. The van der Waals surface area contributed by atoms with Gasteiger partial charge in [0.2, 0.25) is 0 Å². The Hall–Kier alpha value is -1.82. The van der Waals surface area contributed by atoms with Crippen LogP contribution < -0.4 is 0 Å². The summed E-state index contributed by atoms with van der Waals surface area (Å²) >= 11 is 0. The second kappa shape index (κ2) is 5.44. The molecule has 6 heteroatoms. The highest BCUT2D eigenvalue weighted by Gasteiger charge is 2.19. The molecule has 0 saturated carbocycles. The molecule has 0 spiro atoms. The van der Waals surface area contributed by atoms with E-state index in [2.05, 4.69) is 5.10 Å². The van der Waals surface area contributed by atoms with Crippen molar-refractivity contribution >= 4 is 0 Å². The van der Waals surface area contributed by atoms with Crippen molar-refractivity contribution in [2.24, 2.45) is 7.05 Å². The molecule has 1 atom stereocenters. The van der Waals surface area contributed by atoms with Crippen LogP contribution in [0.3, 0.4) is 0 Å². The molecule has 0 saturated heterocycles. The van der Waals surface area contributed by atoms with Crippen LogP contribution in [0.4, 0.5) is 13.2 Å². The molecule has 0 aliphatic heterocycles. The predicted octanol–water partition coefficient (Wildman–Crippen LogP) is 2.50. The van der Waals surface area contributed by atoms with Crippen LogP contribution in [0.25, 0.3) is 0 Å². The molecule has 0 fully saturated rings. The monoisotopic (exact) mass is 270 g/mol. The molecule has 1 N–H and O–H groups in total. The van der Waals surface area contributed by atoms with Gasteiger partial charge >= 0.3 is 0 Å². The van der Waals surface area contributed by atoms with Gasteiger partial charge in [-0.1, -0.05) is 6.07 Å². The van der Waals surface area contributed by atoms with Crippen LogP contribution in [0.2, 0.25) is 0 Å². The van der Waals surface area contributed by atoms with Crippen LogP contribution in [0.1, 0.15) is 23.8 Å². The Morgan fingerprint density at radius 3 is 2.58 bits per heavy atom. The van der Waals surface area contributed by atoms with Gasteiger partial charge in [0.05, 0.1) is 6.10 Å². The van der Waals surface area contributed by atoms with E-state index in [0.29, 0.717) is 6.42 Å². The molecule has 19 heavy (non-hydrogen) atoms. The maximum atomic E-state index is 13.5. The van der Waals surface area contributed by atoms with Crippen LogP contribution >= 0.6 is 0 Å². The molecule has 2 aromatic rings. The maximum Gasteiger partial charge on any atom is 0.194 e. The highest BCUT2D eigenvalue weighted by atomic mass is 19.2. The minimum atomic E-state index is -1.56. The second-order valence-electron chi connectivity index (χ2n) is 4.27. The van der Waals surface area contributed by atoms with Crippen molar-refractivity contribution in [3.8, 4) is 0 Å². The fourth-order valence-electron chi connectivity index (χ4n) is 1.88. The molecule has 0 radical (unpaired) electrons. The fraction of sp³-hybridized carbons (Fsp3) is 0.308. The summed E-state index contributed by atoms with van der Waals surface area (Å²) in [4.78, 5) is 0. The van der Waals surface area contributed by atoms with E-state index in [-0.39, 0.29) is 12.0 Å². The van der Waals surface area contributed by atoms with Crippen molar-refractivity contribution in [1.29, 1.82) is 0 Å². The van der Waals surface area contributed by atoms with E-state index in [1.807, 2.05) is 0 Å². The number of nitrogens with zero attached hydrogens (tertiary/aromatic N) is 2. The van der Waals surface area contributed by atoms with Crippen LogP contribution in [0.5, 0.6) is 0 Å². The summed E-state index contributed by atoms with van der Waals surface area (Å²) in [5.74, 6) is -4.16. The van der Waals surface area contributed by atoms with Gasteiger partial charge in [-0.2, -0.15) is 5.10 Å². The predicted molar refractivity (Wildman–Crippen MR) is 62.8 cm³/mol. The summed E-state index contributed by atoms with van der Waals surface area (Å²) in [6.07, 6.45) is 1.07. The minimum absolute atomic E-state index is 0.196. The van der Waals surface area contributed by atoms with Gasteiger partial charge in [0.1, 0.15) is 0 Å². The van der Waals surface area contributed by atoms with Gasteiger partial charge in [-0.05, 0) is 25.0 Å². The van der Waals surface area contributed by atoms with Crippen molar-refractivity contribution in [2.75, 3.05) is 0 Å². The average molecular weight is 270 g/mol. The lowest BCUT2D eigenvalue weighted by atomic mass is 10.0. The Kier molecular flexibility index (Phi) is 3.90. The van der Waals surface area contributed by atoms with Crippen molar-refractivity contribution in [2.45, 2.75) is 18.9 Å². The minimum Gasteiger partial charge on any atom is -0.388 e. The summed E-state index contributed by atoms with van der Waals surface area (Å²) < 4.78 is 40.9. The summed E-state index contributed by atoms with van der Waals surface area (Å²) in [6, 6.07) is 3.64. The number of benzene rings is 1. The highest BCUT2D eigenvalue weighted by molar-refractivity contribution is 5.22. The number of halogens is 3. The van der Waals surface area contributed by atoms with Gasteiger partial charge in [-0.25, -0.2) is 13.2 Å². The molecule has 2 rings (SSSR count).